The van der Waals surface area contributed by atoms with Crippen molar-refractivity contribution in [3.63, 3.8) is 0 Å². The molecule has 0 bridgehead atoms. The van der Waals surface area contributed by atoms with E-state index in [4.69, 9.17) is 9.47 Å². The Kier molecular flexibility index (Phi) is 5.34. The molecular weight excluding hydrogens is 362 g/mol. The van der Waals surface area contributed by atoms with Gasteiger partial charge >= 0.3 is 6.09 Å². The molecule has 1 aromatic carbocycles. The van der Waals surface area contributed by atoms with Gasteiger partial charge in [-0.3, -0.25) is 4.79 Å². The monoisotopic (exact) mass is 383 g/mol. The summed E-state index contributed by atoms with van der Waals surface area (Å²) in [4.78, 5) is 25.2. The van der Waals surface area contributed by atoms with E-state index in [-0.39, 0.29) is 17.8 Å². The van der Waals surface area contributed by atoms with Gasteiger partial charge in [-0.2, -0.15) is 0 Å². The van der Waals surface area contributed by atoms with Crippen molar-refractivity contribution in [3.05, 3.63) is 28.2 Å². The predicted octanol–water partition coefficient (Wildman–Crippen LogP) is 3.90. The summed E-state index contributed by atoms with van der Waals surface area (Å²) in [6.07, 6.45) is -0.290. The molecule has 126 valence electrons. The predicted molar refractivity (Wildman–Crippen MR) is 90.9 cm³/mol. The smallest absolute Gasteiger partial charge is 0.410 e. The van der Waals surface area contributed by atoms with Crippen LogP contribution in [0.3, 0.4) is 0 Å². The average molecular weight is 384 g/mol. The van der Waals surface area contributed by atoms with Crippen molar-refractivity contribution in [2.45, 2.75) is 33.3 Å². The zero-order valence-electron chi connectivity index (χ0n) is 13.9. The Bertz CT molecular complexity index is 603. The Morgan fingerprint density at radius 2 is 1.96 bits per heavy atom. The molecule has 1 aliphatic rings. The van der Waals surface area contributed by atoms with Crippen LogP contribution in [0.4, 0.5) is 4.79 Å². The number of ketones is 1. The van der Waals surface area contributed by atoms with Crippen molar-refractivity contribution in [1.29, 1.82) is 0 Å². The lowest BCUT2D eigenvalue weighted by Crippen LogP contribution is -2.53. The number of Topliss-reactive ketones (excluding diaryl/α,β-unsaturated/α-hetero) is 1. The summed E-state index contributed by atoms with van der Waals surface area (Å²) in [5, 5.41) is 0. The van der Waals surface area contributed by atoms with Gasteiger partial charge in [0.2, 0.25) is 0 Å². The summed E-state index contributed by atoms with van der Waals surface area (Å²) in [5.74, 6) is 0.799. The molecule has 0 saturated carbocycles. The van der Waals surface area contributed by atoms with Gasteiger partial charge in [-0.05, 0) is 45.9 Å². The van der Waals surface area contributed by atoms with E-state index in [1.807, 2.05) is 26.8 Å². The molecule has 23 heavy (non-hydrogen) atoms. The topological polar surface area (TPSA) is 55.8 Å². The van der Waals surface area contributed by atoms with Crippen molar-refractivity contribution < 1.29 is 19.1 Å². The van der Waals surface area contributed by atoms with Crippen LogP contribution in [0.2, 0.25) is 0 Å². The summed E-state index contributed by atoms with van der Waals surface area (Å²) in [7, 11) is 0. The van der Waals surface area contributed by atoms with Crippen LogP contribution in [0, 0.1) is 5.92 Å². The minimum absolute atomic E-state index is 0.0368. The Hall–Kier alpha value is -1.56. The fraction of sp³-hybridized carbons (Fsp3) is 0.529. The highest BCUT2D eigenvalue weighted by molar-refractivity contribution is 9.10. The second-order valence-corrected chi connectivity index (χ2v) is 7.67. The molecule has 0 aromatic heterocycles. The van der Waals surface area contributed by atoms with Gasteiger partial charge < -0.3 is 14.4 Å². The SMILES string of the molecule is CC(=O)c1cc(Br)ccc1OCC1CN(C(=O)OC(C)(C)C)C1. The number of amides is 1. The Balaban J connectivity index is 1.84. The number of rotatable bonds is 4. The number of ether oxygens (including phenoxy) is 2. The molecule has 5 nitrogen and oxygen atoms in total. The molecule has 0 aliphatic carbocycles. The van der Waals surface area contributed by atoms with Crippen molar-refractivity contribution >= 4 is 27.8 Å². The molecule has 1 aliphatic heterocycles. The van der Waals surface area contributed by atoms with Gasteiger partial charge in [-0.15, -0.1) is 0 Å². The summed E-state index contributed by atoms with van der Waals surface area (Å²) in [6.45, 7) is 8.76. The first-order chi connectivity index (χ1) is 10.7. The first-order valence-electron chi connectivity index (χ1n) is 7.57. The quantitative estimate of drug-likeness (QED) is 0.739. The minimum atomic E-state index is -0.480. The van der Waals surface area contributed by atoms with Crippen molar-refractivity contribution in [3.8, 4) is 5.75 Å². The second kappa shape index (κ2) is 6.91. The second-order valence-electron chi connectivity index (χ2n) is 6.76. The Morgan fingerprint density at radius 1 is 1.30 bits per heavy atom. The van der Waals surface area contributed by atoms with E-state index in [0.29, 0.717) is 31.0 Å². The summed E-state index contributed by atoms with van der Waals surface area (Å²) in [5.41, 5.74) is 0.0784. The third-order valence-corrected chi connectivity index (χ3v) is 3.90. The Morgan fingerprint density at radius 3 is 2.52 bits per heavy atom. The molecule has 0 atom stereocenters. The molecule has 0 radical (unpaired) electrons. The van der Waals surface area contributed by atoms with Gasteiger partial charge in [0.05, 0.1) is 12.2 Å². The zero-order valence-corrected chi connectivity index (χ0v) is 15.5. The van der Waals surface area contributed by atoms with Crippen LogP contribution < -0.4 is 4.74 Å². The van der Waals surface area contributed by atoms with Crippen LogP contribution in [0.1, 0.15) is 38.1 Å². The molecule has 0 N–H and O–H groups in total. The molecule has 0 spiro atoms. The van der Waals surface area contributed by atoms with Crippen molar-refractivity contribution in [2.75, 3.05) is 19.7 Å². The van der Waals surface area contributed by atoms with Crippen LogP contribution >= 0.6 is 15.9 Å². The average Bonchev–Trinajstić information content (AvgIpc) is 2.35. The molecule has 2 rings (SSSR count). The third kappa shape index (κ3) is 4.96. The van der Waals surface area contributed by atoms with E-state index in [2.05, 4.69) is 15.9 Å². The molecule has 1 amide bonds. The number of benzene rings is 1. The van der Waals surface area contributed by atoms with Gasteiger partial charge in [0, 0.05) is 23.5 Å². The van der Waals surface area contributed by atoms with E-state index in [0.717, 1.165) is 4.47 Å². The molecule has 1 heterocycles. The van der Waals surface area contributed by atoms with Crippen molar-refractivity contribution in [1.82, 2.24) is 4.90 Å². The number of nitrogens with zero attached hydrogens (tertiary/aromatic N) is 1. The number of halogens is 1. The number of carbonyl (C=O) groups excluding carboxylic acids is 2. The van der Waals surface area contributed by atoms with E-state index < -0.39 is 5.60 Å². The van der Waals surface area contributed by atoms with Gasteiger partial charge in [-0.25, -0.2) is 4.79 Å². The third-order valence-electron chi connectivity index (χ3n) is 3.40. The molecule has 0 unspecified atom stereocenters. The van der Waals surface area contributed by atoms with Crippen molar-refractivity contribution in [2.24, 2.45) is 5.92 Å². The number of carbonyl (C=O) groups is 2. The van der Waals surface area contributed by atoms with Gasteiger partial charge in [0.25, 0.3) is 0 Å². The highest BCUT2D eigenvalue weighted by atomic mass is 79.9. The highest BCUT2D eigenvalue weighted by Crippen LogP contribution is 2.26. The number of hydrogen-bond donors (Lipinski definition) is 0. The molecule has 6 heteroatoms. The fourth-order valence-corrected chi connectivity index (χ4v) is 2.62. The van der Waals surface area contributed by atoms with E-state index >= 15 is 0 Å². The zero-order chi connectivity index (χ0) is 17.2. The summed E-state index contributed by atoms with van der Waals surface area (Å²) < 4.78 is 11.9. The maximum Gasteiger partial charge on any atom is 0.410 e. The van der Waals surface area contributed by atoms with Crippen LogP contribution in [-0.2, 0) is 4.74 Å². The number of likely N-dealkylation sites (tertiary alicyclic amines) is 1. The lowest BCUT2D eigenvalue weighted by molar-refractivity contribution is -0.00783. The van der Waals surface area contributed by atoms with Gasteiger partial charge in [0.1, 0.15) is 11.4 Å². The van der Waals surface area contributed by atoms with Crippen LogP contribution in [0.25, 0.3) is 0 Å². The minimum Gasteiger partial charge on any atom is -0.492 e. The first kappa shape index (κ1) is 17.8. The normalized spacial score (nSPS) is 15.1. The Labute approximate surface area is 145 Å². The lowest BCUT2D eigenvalue weighted by Gasteiger charge is -2.39. The maximum absolute atomic E-state index is 11.9. The van der Waals surface area contributed by atoms with Crippen LogP contribution in [0.15, 0.2) is 22.7 Å². The largest absolute Gasteiger partial charge is 0.492 e. The van der Waals surface area contributed by atoms with E-state index in [1.54, 1.807) is 17.0 Å². The van der Waals surface area contributed by atoms with E-state index in [1.165, 1.54) is 6.92 Å². The molecule has 1 aromatic rings. The van der Waals surface area contributed by atoms with Crippen LogP contribution in [-0.4, -0.2) is 42.1 Å². The fourth-order valence-electron chi connectivity index (χ4n) is 2.26. The first-order valence-corrected chi connectivity index (χ1v) is 8.36. The molecule has 1 saturated heterocycles. The number of hydrogen-bond acceptors (Lipinski definition) is 4. The lowest BCUT2D eigenvalue weighted by atomic mass is 10.0. The summed E-state index contributed by atoms with van der Waals surface area (Å²) in [6, 6.07) is 5.38. The van der Waals surface area contributed by atoms with E-state index in [9.17, 15) is 9.59 Å². The summed E-state index contributed by atoms with van der Waals surface area (Å²) >= 11 is 3.35. The highest BCUT2D eigenvalue weighted by Gasteiger charge is 2.34. The maximum atomic E-state index is 11.9. The van der Waals surface area contributed by atoms with Gasteiger partial charge in [0.15, 0.2) is 5.78 Å². The molecule has 1 fully saturated rings. The molecular formula is C17H22BrNO4. The van der Waals surface area contributed by atoms with Gasteiger partial charge in [-0.1, -0.05) is 15.9 Å². The standard InChI is InChI=1S/C17H22BrNO4/c1-11(20)14-7-13(18)5-6-15(14)22-10-12-8-19(9-12)16(21)23-17(2,3)4/h5-7,12H,8-10H2,1-4H3. The van der Waals surface area contributed by atoms with Crippen LogP contribution in [0.5, 0.6) is 5.75 Å².